The van der Waals surface area contributed by atoms with Gasteiger partial charge in [0.1, 0.15) is 12.4 Å². The molecule has 0 radical (unpaired) electrons. The number of nitrogen functional groups attached to an aromatic ring is 1. The van der Waals surface area contributed by atoms with Crippen molar-refractivity contribution in [2.75, 3.05) is 5.73 Å². The van der Waals surface area contributed by atoms with Crippen molar-refractivity contribution in [2.45, 2.75) is 26.9 Å². The van der Waals surface area contributed by atoms with E-state index in [9.17, 15) is 0 Å². The Labute approximate surface area is 119 Å². The second kappa shape index (κ2) is 5.98. The third-order valence-electron chi connectivity index (χ3n) is 3.07. The molecular formula is C16H18ClNO. The Kier molecular flexibility index (Phi) is 4.33. The first-order valence-corrected chi connectivity index (χ1v) is 6.74. The number of rotatable bonds is 4. The van der Waals surface area contributed by atoms with Gasteiger partial charge in [-0.3, -0.25) is 0 Å². The fraction of sp³-hybridized carbons (Fsp3) is 0.250. The summed E-state index contributed by atoms with van der Waals surface area (Å²) >= 11 is 6.17. The number of hydrogen-bond donors (Lipinski definition) is 1. The molecule has 0 heterocycles. The van der Waals surface area contributed by atoms with Crippen LogP contribution in [-0.4, -0.2) is 0 Å². The van der Waals surface area contributed by atoms with E-state index in [4.69, 9.17) is 22.1 Å². The molecule has 0 aromatic heterocycles. The number of ether oxygens (including phenoxy) is 1. The Balaban J connectivity index is 2.10. The molecule has 0 aliphatic rings. The van der Waals surface area contributed by atoms with E-state index in [1.54, 1.807) is 0 Å². The normalized spacial score (nSPS) is 10.5. The second-order valence-corrected chi connectivity index (χ2v) is 5.02. The van der Waals surface area contributed by atoms with Gasteiger partial charge in [0.2, 0.25) is 0 Å². The zero-order chi connectivity index (χ0) is 13.8. The summed E-state index contributed by atoms with van der Waals surface area (Å²) in [7, 11) is 0. The molecule has 0 bridgehead atoms. The first kappa shape index (κ1) is 13.8. The van der Waals surface area contributed by atoms with E-state index in [-0.39, 0.29) is 0 Å². The van der Waals surface area contributed by atoms with Gasteiger partial charge >= 0.3 is 0 Å². The first-order chi connectivity index (χ1) is 9.10. The summed E-state index contributed by atoms with van der Waals surface area (Å²) in [5.74, 6) is 0.703. The molecule has 0 atom stereocenters. The Morgan fingerprint density at radius 2 is 1.95 bits per heavy atom. The average molecular weight is 276 g/mol. The maximum absolute atomic E-state index is 6.17. The molecule has 2 nitrogen and oxygen atoms in total. The summed E-state index contributed by atoms with van der Waals surface area (Å²) in [6.45, 7) is 4.54. The summed E-state index contributed by atoms with van der Waals surface area (Å²) in [6.07, 6.45) is 0.967. The molecule has 2 rings (SSSR count). The Bertz CT molecular complexity index is 581. The minimum absolute atomic E-state index is 0.425. The SMILES string of the molecule is CCc1ccc(OCc2ccc(C)cc2Cl)c(N)c1. The minimum atomic E-state index is 0.425. The maximum Gasteiger partial charge on any atom is 0.142 e. The molecule has 0 fully saturated rings. The number of aryl methyl sites for hydroxylation is 2. The van der Waals surface area contributed by atoms with Crippen LogP contribution in [0.2, 0.25) is 5.02 Å². The van der Waals surface area contributed by atoms with Gasteiger partial charge in [-0.05, 0) is 42.7 Å². The summed E-state index contributed by atoms with van der Waals surface area (Å²) in [5.41, 5.74) is 9.94. The van der Waals surface area contributed by atoms with E-state index in [0.717, 1.165) is 22.6 Å². The van der Waals surface area contributed by atoms with Crippen LogP contribution >= 0.6 is 11.6 Å². The highest BCUT2D eigenvalue weighted by molar-refractivity contribution is 6.31. The maximum atomic E-state index is 6.17. The van der Waals surface area contributed by atoms with Crippen LogP contribution < -0.4 is 10.5 Å². The van der Waals surface area contributed by atoms with Crippen LogP contribution in [0.3, 0.4) is 0 Å². The fourth-order valence-electron chi connectivity index (χ4n) is 1.87. The van der Waals surface area contributed by atoms with Crippen LogP contribution in [0.5, 0.6) is 5.75 Å². The van der Waals surface area contributed by atoms with Crippen molar-refractivity contribution in [3.05, 3.63) is 58.1 Å². The van der Waals surface area contributed by atoms with Crippen LogP contribution in [0.15, 0.2) is 36.4 Å². The van der Waals surface area contributed by atoms with Gasteiger partial charge in [-0.1, -0.05) is 36.7 Å². The molecule has 100 valence electrons. The first-order valence-electron chi connectivity index (χ1n) is 6.36. The quantitative estimate of drug-likeness (QED) is 0.841. The van der Waals surface area contributed by atoms with Gasteiger partial charge in [0.15, 0.2) is 0 Å². The number of benzene rings is 2. The molecule has 19 heavy (non-hydrogen) atoms. The highest BCUT2D eigenvalue weighted by Gasteiger charge is 2.05. The number of hydrogen-bond acceptors (Lipinski definition) is 2. The van der Waals surface area contributed by atoms with E-state index in [0.29, 0.717) is 18.0 Å². The van der Waals surface area contributed by atoms with Gasteiger partial charge in [-0.25, -0.2) is 0 Å². The standard InChI is InChI=1S/C16H18ClNO/c1-3-12-5-7-16(15(18)9-12)19-10-13-6-4-11(2)8-14(13)17/h4-9H,3,10,18H2,1-2H3. The number of nitrogens with two attached hydrogens (primary N) is 1. The van der Waals surface area contributed by atoms with Crippen molar-refractivity contribution < 1.29 is 4.74 Å². The Hall–Kier alpha value is -1.67. The zero-order valence-corrected chi connectivity index (χ0v) is 12.0. The monoisotopic (exact) mass is 275 g/mol. The lowest BCUT2D eigenvalue weighted by molar-refractivity contribution is 0.308. The summed E-state index contributed by atoms with van der Waals surface area (Å²) in [4.78, 5) is 0. The molecule has 0 amide bonds. The molecule has 0 aliphatic carbocycles. The average Bonchev–Trinajstić information content (AvgIpc) is 2.39. The van der Waals surface area contributed by atoms with Crippen molar-refractivity contribution in [3.63, 3.8) is 0 Å². The lowest BCUT2D eigenvalue weighted by Gasteiger charge is -2.11. The van der Waals surface area contributed by atoms with Crippen molar-refractivity contribution in [1.82, 2.24) is 0 Å². The van der Waals surface area contributed by atoms with Gasteiger partial charge in [0.25, 0.3) is 0 Å². The number of halogens is 1. The molecule has 0 unspecified atom stereocenters. The third-order valence-corrected chi connectivity index (χ3v) is 3.43. The van der Waals surface area contributed by atoms with E-state index in [1.807, 2.05) is 43.3 Å². The summed E-state index contributed by atoms with van der Waals surface area (Å²) < 4.78 is 5.73. The fourth-order valence-corrected chi connectivity index (χ4v) is 2.16. The van der Waals surface area contributed by atoms with Gasteiger partial charge < -0.3 is 10.5 Å². The Morgan fingerprint density at radius 1 is 1.16 bits per heavy atom. The third kappa shape index (κ3) is 3.42. The Morgan fingerprint density at radius 3 is 2.58 bits per heavy atom. The molecule has 0 saturated carbocycles. The highest BCUT2D eigenvalue weighted by atomic mass is 35.5. The zero-order valence-electron chi connectivity index (χ0n) is 11.2. The number of anilines is 1. The molecule has 0 aliphatic heterocycles. The van der Waals surface area contributed by atoms with Crippen molar-refractivity contribution in [1.29, 1.82) is 0 Å². The van der Waals surface area contributed by atoms with Crippen molar-refractivity contribution in [3.8, 4) is 5.75 Å². The topological polar surface area (TPSA) is 35.2 Å². The van der Waals surface area contributed by atoms with Crippen LogP contribution in [0.4, 0.5) is 5.69 Å². The molecule has 0 spiro atoms. The van der Waals surface area contributed by atoms with Crippen LogP contribution in [0, 0.1) is 6.92 Å². The predicted molar refractivity (Wildman–Crippen MR) is 80.8 cm³/mol. The van der Waals surface area contributed by atoms with E-state index in [1.165, 1.54) is 5.56 Å². The van der Waals surface area contributed by atoms with Crippen molar-refractivity contribution in [2.24, 2.45) is 0 Å². The smallest absolute Gasteiger partial charge is 0.142 e. The predicted octanol–water partition coefficient (Wildman–Crippen LogP) is 4.37. The van der Waals surface area contributed by atoms with Gasteiger partial charge in [0.05, 0.1) is 5.69 Å². The molecule has 3 heteroatoms. The highest BCUT2D eigenvalue weighted by Crippen LogP contribution is 2.25. The summed E-state index contributed by atoms with van der Waals surface area (Å²) in [5, 5.41) is 0.726. The molecular weight excluding hydrogens is 258 g/mol. The molecule has 2 N–H and O–H groups in total. The van der Waals surface area contributed by atoms with Crippen LogP contribution in [0.1, 0.15) is 23.6 Å². The van der Waals surface area contributed by atoms with Crippen LogP contribution in [0.25, 0.3) is 0 Å². The van der Waals surface area contributed by atoms with Gasteiger partial charge in [-0.15, -0.1) is 0 Å². The lowest BCUT2D eigenvalue weighted by Crippen LogP contribution is -2.00. The largest absolute Gasteiger partial charge is 0.487 e. The lowest BCUT2D eigenvalue weighted by atomic mass is 10.1. The van der Waals surface area contributed by atoms with E-state index < -0.39 is 0 Å². The van der Waals surface area contributed by atoms with Gasteiger partial charge in [0, 0.05) is 10.6 Å². The molecule has 0 saturated heterocycles. The molecule has 2 aromatic rings. The van der Waals surface area contributed by atoms with E-state index in [2.05, 4.69) is 6.92 Å². The second-order valence-electron chi connectivity index (χ2n) is 4.61. The van der Waals surface area contributed by atoms with Crippen LogP contribution in [-0.2, 0) is 13.0 Å². The van der Waals surface area contributed by atoms with E-state index >= 15 is 0 Å². The summed E-state index contributed by atoms with van der Waals surface area (Å²) in [6, 6.07) is 11.8. The van der Waals surface area contributed by atoms with Crippen molar-refractivity contribution >= 4 is 17.3 Å². The van der Waals surface area contributed by atoms with Gasteiger partial charge in [-0.2, -0.15) is 0 Å². The minimum Gasteiger partial charge on any atom is -0.487 e. The molecule has 2 aromatic carbocycles.